The zero-order valence-corrected chi connectivity index (χ0v) is 8.97. The van der Waals surface area contributed by atoms with Crippen molar-refractivity contribution in [1.29, 1.82) is 0 Å². The molecule has 17 heavy (non-hydrogen) atoms. The molecular formula is C8H6ClN3O5. The minimum absolute atomic E-state index is 0.238. The maximum atomic E-state index is 11.4. The number of nitro groups is 1. The third-order valence-electron chi connectivity index (χ3n) is 1.68. The van der Waals surface area contributed by atoms with E-state index in [0.717, 1.165) is 12.3 Å². The zero-order chi connectivity index (χ0) is 13.0. The van der Waals surface area contributed by atoms with Gasteiger partial charge in [-0.25, -0.2) is 4.98 Å². The highest BCUT2D eigenvalue weighted by Crippen LogP contribution is 2.18. The van der Waals surface area contributed by atoms with Crippen LogP contribution < -0.4 is 5.32 Å². The Morgan fingerprint density at radius 2 is 2.24 bits per heavy atom. The second kappa shape index (κ2) is 5.21. The molecule has 0 saturated heterocycles. The van der Waals surface area contributed by atoms with Gasteiger partial charge >= 0.3 is 5.97 Å². The summed E-state index contributed by atoms with van der Waals surface area (Å²) < 4.78 is 0. The number of hydrogen-bond acceptors (Lipinski definition) is 5. The first-order valence-electron chi connectivity index (χ1n) is 4.21. The van der Waals surface area contributed by atoms with Crippen molar-refractivity contribution in [3.8, 4) is 0 Å². The number of amides is 1. The van der Waals surface area contributed by atoms with Crippen molar-refractivity contribution in [3.63, 3.8) is 0 Å². The molecule has 0 atom stereocenters. The van der Waals surface area contributed by atoms with Crippen LogP contribution in [0.1, 0.15) is 10.4 Å². The molecule has 0 fully saturated rings. The normalized spacial score (nSPS) is 9.71. The first kappa shape index (κ1) is 12.8. The maximum absolute atomic E-state index is 11.4. The summed E-state index contributed by atoms with van der Waals surface area (Å²) in [6.07, 6.45) is 0.899. The van der Waals surface area contributed by atoms with Gasteiger partial charge in [0, 0.05) is 6.07 Å². The number of carbonyl (C=O) groups excluding carboxylic acids is 1. The fourth-order valence-electron chi connectivity index (χ4n) is 0.947. The molecular weight excluding hydrogens is 254 g/mol. The highest BCUT2D eigenvalue weighted by Gasteiger charge is 2.17. The van der Waals surface area contributed by atoms with Crippen LogP contribution in [0.3, 0.4) is 0 Å². The molecule has 0 aliphatic rings. The molecule has 1 heterocycles. The highest BCUT2D eigenvalue weighted by atomic mass is 35.5. The summed E-state index contributed by atoms with van der Waals surface area (Å²) in [5, 5.41) is 20.6. The molecule has 0 bridgehead atoms. The van der Waals surface area contributed by atoms with Gasteiger partial charge < -0.3 is 10.4 Å². The number of hydrogen-bond donors (Lipinski definition) is 2. The zero-order valence-electron chi connectivity index (χ0n) is 8.21. The number of rotatable bonds is 4. The molecule has 0 aliphatic heterocycles. The summed E-state index contributed by atoms with van der Waals surface area (Å²) in [5.41, 5.74) is -0.656. The van der Waals surface area contributed by atoms with Crippen LogP contribution in [0, 0.1) is 10.1 Å². The first-order chi connectivity index (χ1) is 7.91. The van der Waals surface area contributed by atoms with E-state index in [9.17, 15) is 19.7 Å². The van der Waals surface area contributed by atoms with E-state index in [1.807, 2.05) is 5.32 Å². The molecule has 0 aromatic carbocycles. The van der Waals surface area contributed by atoms with E-state index < -0.39 is 29.0 Å². The topological polar surface area (TPSA) is 122 Å². The lowest BCUT2D eigenvalue weighted by Gasteiger charge is -2.03. The Morgan fingerprint density at radius 1 is 1.59 bits per heavy atom. The standard InChI is InChI=1S/C8H6ClN3O5/c9-7-5(8(15)11-3-6(13)14)1-4(2-10-7)12(16)17/h1-2H,3H2,(H,11,15)(H,13,14). The molecule has 1 amide bonds. The van der Waals surface area contributed by atoms with Crippen LogP contribution in [0.15, 0.2) is 12.3 Å². The van der Waals surface area contributed by atoms with Gasteiger partial charge in [-0.15, -0.1) is 0 Å². The molecule has 90 valence electrons. The average molecular weight is 260 g/mol. The van der Waals surface area contributed by atoms with E-state index in [-0.39, 0.29) is 10.7 Å². The Hall–Kier alpha value is -2.22. The predicted molar refractivity (Wildman–Crippen MR) is 55.9 cm³/mol. The minimum atomic E-state index is -1.24. The van der Waals surface area contributed by atoms with Gasteiger partial charge in [0.25, 0.3) is 11.6 Å². The summed E-state index contributed by atoms with van der Waals surface area (Å²) >= 11 is 5.57. The van der Waals surface area contributed by atoms with Crippen molar-refractivity contribution >= 4 is 29.2 Å². The number of halogens is 1. The van der Waals surface area contributed by atoms with Crippen LogP contribution in [-0.4, -0.2) is 33.4 Å². The Bertz CT molecular complexity index is 490. The highest BCUT2D eigenvalue weighted by molar-refractivity contribution is 6.32. The molecule has 1 aromatic heterocycles. The Morgan fingerprint density at radius 3 is 2.76 bits per heavy atom. The largest absolute Gasteiger partial charge is 0.480 e. The van der Waals surface area contributed by atoms with Gasteiger partial charge in [0.1, 0.15) is 17.9 Å². The van der Waals surface area contributed by atoms with Crippen molar-refractivity contribution < 1.29 is 19.6 Å². The number of aliphatic carboxylic acids is 1. The van der Waals surface area contributed by atoms with E-state index in [1.165, 1.54) is 0 Å². The molecule has 1 aromatic rings. The molecule has 1 rings (SSSR count). The fraction of sp³-hybridized carbons (Fsp3) is 0.125. The third-order valence-corrected chi connectivity index (χ3v) is 1.98. The number of carbonyl (C=O) groups is 2. The molecule has 0 aliphatic carbocycles. The number of nitrogens with zero attached hydrogens (tertiary/aromatic N) is 2. The molecule has 0 spiro atoms. The lowest BCUT2D eigenvalue weighted by atomic mass is 10.2. The smallest absolute Gasteiger partial charge is 0.322 e. The Kier molecular flexibility index (Phi) is 3.94. The van der Waals surface area contributed by atoms with E-state index in [1.54, 1.807) is 0 Å². The monoisotopic (exact) mass is 259 g/mol. The van der Waals surface area contributed by atoms with E-state index in [0.29, 0.717) is 0 Å². The van der Waals surface area contributed by atoms with E-state index in [2.05, 4.69) is 4.98 Å². The third kappa shape index (κ3) is 3.38. The molecule has 2 N–H and O–H groups in total. The quantitative estimate of drug-likeness (QED) is 0.460. The van der Waals surface area contributed by atoms with Crippen LogP contribution in [0.25, 0.3) is 0 Å². The van der Waals surface area contributed by atoms with Gasteiger partial charge in [0.15, 0.2) is 0 Å². The Labute approximate surface area is 99.4 Å². The van der Waals surface area contributed by atoms with Crippen LogP contribution >= 0.6 is 11.6 Å². The summed E-state index contributed by atoms with van der Waals surface area (Å²) in [4.78, 5) is 34.8. The van der Waals surface area contributed by atoms with E-state index in [4.69, 9.17) is 16.7 Å². The molecule has 9 heteroatoms. The first-order valence-corrected chi connectivity index (χ1v) is 4.59. The lowest BCUT2D eigenvalue weighted by molar-refractivity contribution is -0.385. The second-order valence-corrected chi connectivity index (χ2v) is 3.22. The van der Waals surface area contributed by atoms with Crippen LogP contribution in [0.2, 0.25) is 5.15 Å². The van der Waals surface area contributed by atoms with Crippen LogP contribution in [0.5, 0.6) is 0 Å². The number of nitrogens with one attached hydrogen (secondary N) is 1. The summed E-state index contributed by atoms with van der Waals surface area (Å²) in [7, 11) is 0. The van der Waals surface area contributed by atoms with Crippen molar-refractivity contribution in [2.24, 2.45) is 0 Å². The van der Waals surface area contributed by atoms with Gasteiger partial charge in [-0.2, -0.15) is 0 Å². The summed E-state index contributed by atoms with van der Waals surface area (Å²) in [6.45, 7) is -0.613. The van der Waals surface area contributed by atoms with Crippen molar-refractivity contribution in [2.75, 3.05) is 6.54 Å². The summed E-state index contributed by atoms with van der Waals surface area (Å²) in [5.74, 6) is -2.08. The van der Waals surface area contributed by atoms with Gasteiger partial charge in [0.05, 0.1) is 10.5 Å². The number of pyridine rings is 1. The van der Waals surface area contributed by atoms with E-state index >= 15 is 0 Å². The molecule has 0 unspecified atom stereocenters. The van der Waals surface area contributed by atoms with Gasteiger partial charge in [0.2, 0.25) is 0 Å². The number of carboxylic acid groups (broad SMARTS) is 1. The fourth-order valence-corrected chi connectivity index (χ4v) is 1.14. The van der Waals surface area contributed by atoms with Gasteiger partial charge in [-0.3, -0.25) is 19.7 Å². The minimum Gasteiger partial charge on any atom is -0.480 e. The lowest BCUT2D eigenvalue weighted by Crippen LogP contribution is -2.29. The maximum Gasteiger partial charge on any atom is 0.322 e. The molecule has 8 nitrogen and oxygen atoms in total. The van der Waals surface area contributed by atoms with Gasteiger partial charge in [-0.1, -0.05) is 11.6 Å². The summed E-state index contributed by atoms with van der Waals surface area (Å²) in [6, 6.07) is 0.923. The number of aromatic nitrogens is 1. The Balaban J connectivity index is 2.95. The SMILES string of the molecule is O=C(O)CNC(=O)c1cc([N+](=O)[O-])cnc1Cl. The average Bonchev–Trinajstić information content (AvgIpc) is 2.26. The molecule has 0 saturated carbocycles. The van der Waals surface area contributed by atoms with Crippen LogP contribution in [-0.2, 0) is 4.79 Å². The van der Waals surface area contributed by atoms with Gasteiger partial charge in [-0.05, 0) is 0 Å². The predicted octanol–water partition coefficient (Wildman–Crippen LogP) is 0.458. The van der Waals surface area contributed by atoms with Crippen molar-refractivity contribution in [2.45, 2.75) is 0 Å². The number of carboxylic acids is 1. The second-order valence-electron chi connectivity index (χ2n) is 2.87. The van der Waals surface area contributed by atoms with Crippen molar-refractivity contribution in [3.05, 3.63) is 33.1 Å². The van der Waals surface area contributed by atoms with Crippen LogP contribution in [0.4, 0.5) is 5.69 Å². The van der Waals surface area contributed by atoms with Crippen molar-refractivity contribution in [1.82, 2.24) is 10.3 Å². The molecule has 0 radical (unpaired) electrons.